The second kappa shape index (κ2) is 15.7. The molecule has 0 spiro atoms. The predicted molar refractivity (Wildman–Crippen MR) is 187 cm³/mol. The van der Waals surface area contributed by atoms with E-state index in [2.05, 4.69) is 61.8 Å². The highest BCUT2D eigenvalue weighted by Gasteiger charge is 2.26. The number of hydrogen-bond donors (Lipinski definition) is 2. The molecule has 0 radical (unpaired) electrons. The summed E-state index contributed by atoms with van der Waals surface area (Å²) in [7, 11) is 3.99. The van der Waals surface area contributed by atoms with E-state index in [1.54, 1.807) is 23.9 Å². The lowest BCUT2D eigenvalue weighted by molar-refractivity contribution is 0.0887. The number of aryl methyl sites for hydroxylation is 3. The van der Waals surface area contributed by atoms with Gasteiger partial charge in [-0.05, 0) is 100.0 Å². The van der Waals surface area contributed by atoms with Gasteiger partial charge >= 0.3 is 0 Å². The summed E-state index contributed by atoms with van der Waals surface area (Å²) in [4.78, 5) is 35.1. The number of nitrogens with one attached hydrogen (secondary N) is 2. The van der Waals surface area contributed by atoms with E-state index in [1.807, 2.05) is 25.1 Å². The van der Waals surface area contributed by atoms with Crippen molar-refractivity contribution in [2.75, 3.05) is 39.8 Å². The molecule has 1 saturated carbocycles. The van der Waals surface area contributed by atoms with Gasteiger partial charge in [0.2, 0.25) is 5.88 Å². The number of rotatable bonds is 11. The van der Waals surface area contributed by atoms with Gasteiger partial charge in [-0.15, -0.1) is 0 Å². The van der Waals surface area contributed by atoms with Crippen LogP contribution in [0.25, 0.3) is 11.1 Å². The molecule has 1 saturated heterocycles. The Balaban J connectivity index is 1.02. The number of likely N-dealkylation sites (N-methyl/N-ethyl adjacent to an activating group) is 1. The summed E-state index contributed by atoms with van der Waals surface area (Å²) in [6, 6.07) is 19.0. The molecule has 2 N–H and O–H groups in total. The van der Waals surface area contributed by atoms with E-state index >= 15 is 0 Å². The van der Waals surface area contributed by atoms with E-state index in [9.17, 15) is 14.0 Å². The van der Waals surface area contributed by atoms with Crippen LogP contribution in [0.15, 0.2) is 66.9 Å². The first-order valence-corrected chi connectivity index (χ1v) is 17.3. The number of aromatic nitrogens is 3. The first kappa shape index (κ1) is 34.3. The first-order chi connectivity index (χ1) is 23.7. The van der Waals surface area contributed by atoms with Crippen molar-refractivity contribution in [3.63, 3.8) is 0 Å². The lowest BCUT2D eigenvalue weighted by Crippen LogP contribution is -2.44. The molecular weight excluding hydrogens is 621 g/mol. The van der Waals surface area contributed by atoms with E-state index < -0.39 is 11.7 Å². The van der Waals surface area contributed by atoms with Crippen LogP contribution < -0.4 is 15.4 Å². The summed E-state index contributed by atoms with van der Waals surface area (Å²) in [6.45, 7) is 7.59. The molecule has 0 atom stereocenters. The maximum atomic E-state index is 14.3. The molecule has 2 aromatic heterocycles. The summed E-state index contributed by atoms with van der Waals surface area (Å²) in [5, 5.41) is 10.3. The molecule has 2 aliphatic rings. The van der Waals surface area contributed by atoms with Crippen molar-refractivity contribution in [3.05, 3.63) is 95.2 Å². The number of pyridine rings is 1. The second-order valence-electron chi connectivity index (χ2n) is 13.4. The summed E-state index contributed by atoms with van der Waals surface area (Å²) >= 11 is 0. The molecule has 2 amide bonds. The molecule has 10 nitrogen and oxygen atoms in total. The minimum atomic E-state index is -0.619. The Labute approximate surface area is 287 Å². The topological polar surface area (TPSA) is 105 Å². The fourth-order valence-electron chi connectivity index (χ4n) is 6.54. The summed E-state index contributed by atoms with van der Waals surface area (Å²) in [5.74, 6) is -0.722. The Kier molecular flexibility index (Phi) is 11.0. The average molecular weight is 668 g/mol. The molecule has 4 aromatic rings. The van der Waals surface area contributed by atoms with Crippen LogP contribution in [-0.4, -0.2) is 88.2 Å². The van der Waals surface area contributed by atoms with E-state index in [0.717, 1.165) is 74.6 Å². The average Bonchev–Trinajstić information content (AvgIpc) is 3.45. The van der Waals surface area contributed by atoms with Crippen molar-refractivity contribution < 1.29 is 18.7 Å². The third-order valence-corrected chi connectivity index (χ3v) is 9.68. The minimum absolute atomic E-state index is 0.00616. The number of piperazine rings is 1. The van der Waals surface area contributed by atoms with E-state index in [-0.39, 0.29) is 29.4 Å². The SMILES string of the molecule is Cc1cc(C(=O)NC2CCC(NC(=O)c3cc(F)cnc3Oc3cccc(-c4ccc(CCCN5CCN(C)CC5)cc4)c3)CC2)nn1C. The highest BCUT2D eigenvalue weighted by molar-refractivity contribution is 5.96. The zero-order valence-electron chi connectivity index (χ0n) is 28.6. The molecule has 1 aliphatic heterocycles. The van der Waals surface area contributed by atoms with Gasteiger partial charge in [0.1, 0.15) is 22.8 Å². The van der Waals surface area contributed by atoms with Gasteiger partial charge < -0.3 is 25.2 Å². The number of carbonyl (C=O) groups is 2. The van der Waals surface area contributed by atoms with Gasteiger partial charge in [0.25, 0.3) is 11.8 Å². The smallest absolute Gasteiger partial charge is 0.272 e. The molecule has 6 rings (SSSR count). The van der Waals surface area contributed by atoms with Gasteiger partial charge in [-0.25, -0.2) is 9.37 Å². The van der Waals surface area contributed by atoms with Crippen molar-refractivity contribution in [1.82, 2.24) is 35.2 Å². The number of ether oxygens (including phenoxy) is 1. The van der Waals surface area contributed by atoms with Crippen LogP contribution in [0.2, 0.25) is 0 Å². The normalized spacial score (nSPS) is 18.6. The van der Waals surface area contributed by atoms with Crippen molar-refractivity contribution in [2.45, 2.75) is 57.5 Å². The molecule has 258 valence electrons. The Morgan fingerprint density at radius 3 is 2.24 bits per heavy atom. The predicted octanol–water partition coefficient (Wildman–Crippen LogP) is 5.37. The highest BCUT2D eigenvalue weighted by Crippen LogP contribution is 2.29. The van der Waals surface area contributed by atoms with Gasteiger partial charge in [-0.1, -0.05) is 36.4 Å². The van der Waals surface area contributed by atoms with E-state index in [1.165, 1.54) is 5.56 Å². The van der Waals surface area contributed by atoms with Crippen LogP contribution in [0.3, 0.4) is 0 Å². The fraction of sp³-hybridized carbons (Fsp3) is 0.421. The zero-order chi connectivity index (χ0) is 34.3. The number of carbonyl (C=O) groups excluding carboxylic acids is 2. The molecule has 11 heteroatoms. The largest absolute Gasteiger partial charge is 0.438 e. The third-order valence-electron chi connectivity index (χ3n) is 9.68. The van der Waals surface area contributed by atoms with Crippen LogP contribution in [-0.2, 0) is 13.5 Å². The number of nitrogens with zero attached hydrogens (tertiary/aromatic N) is 5. The Bertz CT molecular complexity index is 1720. The quantitative estimate of drug-likeness (QED) is 0.222. The Morgan fingerprint density at radius 2 is 1.57 bits per heavy atom. The maximum absolute atomic E-state index is 14.3. The second-order valence-corrected chi connectivity index (χ2v) is 13.4. The highest BCUT2D eigenvalue weighted by atomic mass is 19.1. The number of hydrogen-bond acceptors (Lipinski definition) is 7. The molecular formula is C38H46FN7O3. The first-order valence-electron chi connectivity index (χ1n) is 17.3. The third kappa shape index (κ3) is 9.10. The van der Waals surface area contributed by atoms with Crippen molar-refractivity contribution in [2.24, 2.45) is 7.05 Å². The molecule has 1 aliphatic carbocycles. The summed E-state index contributed by atoms with van der Waals surface area (Å²) < 4.78 is 22.1. The lowest BCUT2D eigenvalue weighted by Gasteiger charge is -2.32. The van der Waals surface area contributed by atoms with Crippen molar-refractivity contribution in [3.8, 4) is 22.8 Å². The Hall–Kier alpha value is -4.61. The van der Waals surface area contributed by atoms with Crippen LogP contribution in [0, 0.1) is 12.7 Å². The minimum Gasteiger partial charge on any atom is -0.438 e. The molecule has 0 unspecified atom stereocenters. The van der Waals surface area contributed by atoms with Crippen molar-refractivity contribution >= 4 is 11.8 Å². The van der Waals surface area contributed by atoms with Gasteiger partial charge in [-0.3, -0.25) is 14.3 Å². The van der Waals surface area contributed by atoms with E-state index in [0.29, 0.717) is 37.1 Å². The molecule has 2 aromatic carbocycles. The molecule has 49 heavy (non-hydrogen) atoms. The van der Waals surface area contributed by atoms with Gasteiger partial charge in [0.05, 0.1) is 6.20 Å². The maximum Gasteiger partial charge on any atom is 0.272 e. The van der Waals surface area contributed by atoms with Gasteiger partial charge in [0.15, 0.2) is 0 Å². The van der Waals surface area contributed by atoms with Crippen LogP contribution in [0.1, 0.15) is 64.2 Å². The van der Waals surface area contributed by atoms with Crippen LogP contribution in [0.4, 0.5) is 4.39 Å². The van der Waals surface area contributed by atoms with E-state index in [4.69, 9.17) is 4.74 Å². The molecule has 3 heterocycles. The number of benzene rings is 2. The van der Waals surface area contributed by atoms with Crippen LogP contribution in [0.5, 0.6) is 11.6 Å². The van der Waals surface area contributed by atoms with Crippen LogP contribution >= 0.6 is 0 Å². The van der Waals surface area contributed by atoms with Crippen molar-refractivity contribution in [1.29, 1.82) is 0 Å². The zero-order valence-corrected chi connectivity index (χ0v) is 28.6. The summed E-state index contributed by atoms with van der Waals surface area (Å²) in [5.41, 5.74) is 4.68. The monoisotopic (exact) mass is 667 g/mol. The molecule has 0 bridgehead atoms. The molecule has 2 fully saturated rings. The standard InChI is InChI=1S/C38H46FN7O3/c1-26-22-35(43-45(26)3)37(48)42-32-15-13-31(14-16-32)41-36(47)34-24-30(39)25-40-38(34)49-33-8-4-7-29(23-33)28-11-9-27(10-12-28)6-5-17-46-20-18-44(2)19-21-46/h4,7-12,22-25,31-32H,5-6,13-21H2,1-3H3,(H,41,47)(H,42,48). The number of amides is 2. The summed E-state index contributed by atoms with van der Waals surface area (Å²) in [6.07, 6.45) is 5.99. The fourth-order valence-corrected chi connectivity index (χ4v) is 6.54. The van der Waals surface area contributed by atoms with Gasteiger partial charge in [-0.2, -0.15) is 5.10 Å². The Morgan fingerprint density at radius 1 is 0.878 bits per heavy atom. The lowest BCUT2D eigenvalue weighted by atomic mass is 9.91. The number of halogens is 1. The van der Waals surface area contributed by atoms with Gasteiger partial charge in [0, 0.05) is 51.0 Å².